The molecule has 0 saturated heterocycles. The molecule has 0 spiro atoms. The van der Waals surface area contributed by atoms with Crippen LogP contribution in [0, 0.1) is 13.8 Å². The highest BCUT2D eigenvalue weighted by molar-refractivity contribution is 7.89. The van der Waals surface area contributed by atoms with E-state index >= 15 is 0 Å². The highest BCUT2D eigenvalue weighted by atomic mass is 32.2. The van der Waals surface area contributed by atoms with Crippen LogP contribution in [0.2, 0.25) is 0 Å². The van der Waals surface area contributed by atoms with E-state index in [4.69, 9.17) is 9.15 Å². The molecule has 0 radical (unpaired) electrons. The Morgan fingerprint density at radius 1 is 1.08 bits per heavy atom. The zero-order valence-electron chi connectivity index (χ0n) is 14.8. The van der Waals surface area contributed by atoms with Gasteiger partial charge < -0.3 is 9.15 Å². The third kappa shape index (κ3) is 3.79. The Morgan fingerprint density at radius 2 is 1.77 bits per heavy atom. The Labute approximate surface area is 152 Å². The summed E-state index contributed by atoms with van der Waals surface area (Å²) in [5, 5.41) is 0. The number of aryl methyl sites for hydroxylation is 2. The minimum atomic E-state index is -3.64. The molecule has 1 aromatic heterocycles. The molecule has 3 aromatic rings. The topological polar surface area (TPSA) is 81.4 Å². The first kappa shape index (κ1) is 18.2. The van der Waals surface area contributed by atoms with Gasteiger partial charge in [0.15, 0.2) is 5.89 Å². The molecule has 0 fully saturated rings. The van der Waals surface area contributed by atoms with Crippen LogP contribution < -0.4 is 9.46 Å². The SMILES string of the molecule is COc1ccccc1CNS(=O)(=O)c1ccc(-c2nc(C)oc2C)cc1. The molecule has 6 nitrogen and oxygen atoms in total. The van der Waals surface area contributed by atoms with Gasteiger partial charge in [0.2, 0.25) is 10.0 Å². The van der Waals surface area contributed by atoms with Crippen molar-refractivity contribution in [3.8, 4) is 17.0 Å². The molecule has 0 saturated carbocycles. The van der Waals surface area contributed by atoms with E-state index in [1.807, 2.05) is 25.1 Å². The van der Waals surface area contributed by atoms with E-state index in [0.717, 1.165) is 11.1 Å². The first-order valence-corrected chi connectivity index (χ1v) is 9.55. The molecular formula is C19H20N2O4S. The van der Waals surface area contributed by atoms with Crippen LogP contribution in [0.1, 0.15) is 17.2 Å². The lowest BCUT2D eigenvalue weighted by Gasteiger charge is -2.10. The summed E-state index contributed by atoms with van der Waals surface area (Å²) < 4.78 is 38.3. The highest BCUT2D eigenvalue weighted by Crippen LogP contribution is 2.25. The number of aromatic nitrogens is 1. The normalized spacial score (nSPS) is 11.5. The monoisotopic (exact) mass is 372 g/mol. The fourth-order valence-electron chi connectivity index (χ4n) is 2.69. The Bertz CT molecular complexity index is 1010. The number of para-hydroxylation sites is 1. The van der Waals surface area contributed by atoms with Crippen LogP contribution >= 0.6 is 0 Å². The molecule has 0 aliphatic carbocycles. The standard InChI is InChI=1S/C19H20N2O4S/c1-13-19(21-14(2)25-13)15-8-10-17(11-9-15)26(22,23)20-12-16-6-4-5-7-18(16)24-3/h4-11,20H,12H2,1-3H3. The molecule has 26 heavy (non-hydrogen) atoms. The molecule has 0 bridgehead atoms. The van der Waals surface area contributed by atoms with Crippen molar-refractivity contribution in [2.45, 2.75) is 25.3 Å². The van der Waals surface area contributed by atoms with E-state index in [0.29, 0.717) is 23.1 Å². The van der Waals surface area contributed by atoms with Crippen molar-refractivity contribution in [1.82, 2.24) is 9.71 Å². The summed E-state index contributed by atoms with van der Waals surface area (Å²) in [6.45, 7) is 3.75. The number of nitrogens with one attached hydrogen (secondary N) is 1. The smallest absolute Gasteiger partial charge is 0.240 e. The van der Waals surface area contributed by atoms with Gasteiger partial charge in [0.25, 0.3) is 0 Å². The van der Waals surface area contributed by atoms with Crippen LogP contribution in [-0.2, 0) is 16.6 Å². The quantitative estimate of drug-likeness (QED) is 0.717. The van der Waals surface area contributed by atoms with Gasteiger partial charge >= 0.3 is 0 Å². The Balaban J connectivity index is 1.78. The van der Waals surface area contributed by atoms with E-state index in [1.54, 1.807) is 44.4 Å². The molecule has 3 rings (SSSR count). The van der Waals surface area contributed by atoms with Gasteiger partial charge in [-0.1, -0.05) is 30.3 Å². The second kappa shape index (κ2) is 7.31. The average Bonchev–Trinajstić information content (AvgIpc) is 2.98. The molecule has 0 aliphatic rings. The molecule has 2 aromatic carbocycles. The molecule has 1 N–H and O–H groups in total. The van der Waals surface area contributed by atoms with Crippen LogP contribution in [-0.4, -0.2) is 20.5 Å². The van der Waals surface area contributed by atoms with Gasteiger partial charge in [-0.05, 0) is 25.1 Å². The maximum absolute atomic E-state index is 12.5. The van der Waals surface area contributed by atoms with Crippen molar-refractivity contribution in [2.24, 2.45) is 0 Å². The number of sulfonamides is 1. The van der Waals surface area contributed by atoms with Crippen molar-refractivity contribution in [3.63, 3.8) is 0 Å². The van der Waals surface area contributed by atoms with E-state index in [1.165, 1.54) is 0 Å². The van der Waals surface area contributed by atoms with Crippen molar-refractivity contribution < 1.29 is 17.6 Å². The van der Waals surface area contributed by atoms with E-state index in [-0.39, 0.29) is 11.4 Å². The molecule has 0 aliphatic heterocycles. The second-order valence-corrected chi connectivity index (χ2v) is 7.57. The molecular weight excluding hydrogens is 352 g/mol. The molecule has 1 heterocycles. The van der Waals surface area contributed by atoms with Crippen LogP contribution in [0.3, 0.4) is 0 Å². The second-order valence-electron chi connectivity index (χ2n) is 5.80. The predicted octanol–water partition coefficient (Wildman–Crippen LogP) is 3.45. The van der Waals surface area contributed by atoms with E-state index < -0.39 is 10.0 Å². The number of methoxy groups -OCH3 is 1. The Kier molecular flexibility index (Phi) is 5.11. The minimum Gasteiger partial charge on any atom is -0.496 e. The van der Waals surface area contributed by atoms with Crippen molar-refractivity contribution >= 4 is 10.0 Å². The number of ether oxygens (including phenoxy) is 1. The molecule has 136 valence electrons. The number of nitrogens with zero attached hydrogens (tertiary/aromatic N) is 1. The summed E-state index contributed by atoms with van der Waals surface area (Å²) in [6.07, 6.45) is 0. The largest absolute Gasteiger partial charge is 0.496 e. The van der Waals surface area contributed by atoms with Gasteiger partial charge in [0.05, 0.1) is 12.0 Å². The van der Waals surface area contributed by atoms with Gasteiger partial charge in [-0.15, -0.1) is 0 Å². The summed E-state index contributed by atoms with van der Waals surface area (Å²) in [6, 6.07) is 13.9. The fraction of sp³-hybridized carbons (Fsp3) is 0.211. The predicted molar refractivity (Wildman–Crippen MR) is 98.4 cm³/mol. The zero-order chi connectivity index (χ0) is 18.7. The number of hydrogen-bond donors (Lipinski definition) is 1. The van der Waals surface area contributed by atoms with Crippen molar-refractivity contribution in [2.75, 3.05) is 7.11 Å². The Morgan fingerprint density at radius 3 is 2.38 bits per heavy atom. The maximum atomic E-state index is 12.5. The Hall–Kier alpha value is -2.64. The summed E-state index contributed by atoms with van der Waals surface area (Å²) in [5.74, 6) is 1.92. The van der Waals surface area contributed by atoms with Crippen molar-refractivity contribution in [3.05, 3.63) is 65.7 Å². The first-order chi connectivity index (χ1) is 12.4. The lowest BCUT2D eigenvalue weighted by atomic mass is 10.1. The molecule has 0 amide bonds. The third-order valence-electron chi connectivity index (χ3n) is 3.99. The number of benzene rings is 2. The van der Waals surface area contributed by atoms with Gasteiger partial charge in [-0.3, -0.25) is 0 Å². The lowest BCUT2D eigenvalue weighted by molar-refractivity contribution is 0.409. The highest BCUT2D eigenvalue weighted by Gasteiger charge is 2.16. The summed E-state index contributed by atoms with van der Waals surface area (Å²) in [4.78, 5) is 4.51. The first-order valence-electron chi connectivity index (χ1n) is 8.07. The van der Waals surface area contributed by atoms with Gasteiger partial charge in [0.1, 0.15) is 17.2 Å². The van der Waals surface area contributed by atoms with Crippen LogP contribution in [0.4, 0.5) is 0 Å². The van der Waals surface area contributed by atoms with Crippen LogP contribution in [0.25, 0.3) is 11.3 Å². The van der Waals surface area contributed by atoms with Gasteiger partial charge in [0, 0.05) is 24.6 Å². The molecule has 0 atom stereocenters. The molecule has 7 heteroatoms. The van der Waals surface area contributed by atoms with E-state index in [2.05, 4.69) is 9.71 Å². The van der Waals surface area contributed by atoms with Gasteiger partial charge in [-0.2, -0.15) is 0 Å². The summed E-state index contributed by atoms with van der Waals surface area (Å²) >= 11 is 0. The third-order valence-corrected chi connectivity index (χ3v) is 5.40. The average molecular weight is 372 g/mol. The fourth-order valence-corrected chi connectivity index (χ4v) is 3.70. The van der Waals surface area contributed by atoms with Gasteiger partial charge in [-0.25, -0.2) is 18.1 Å². The number of oxazole rings is 1. The minimum absolute atomic E-state index is 0.148. The van der Waals surface area contributed by atoms with Crippen LogP contribution in [0.15, 0.2) is 57.8 Å². The lowest BCUT2D eigenvalue weighted by Crippen LogP contribution is -2.23. The number of rotatable bonds is 6. The zero-order valence-corrected chi connectivity index (χ0v) is 15.6. The maximum Gasteiger partial charge on any atom is 0.240 e. The summed E-state index contributed by atoms with van der Waals surface area (Å²) in [7, 11) is -2.08. The van der Waals surface area contributed by atoms with Crippen LogP contribution in [0.5, 0.6) is 5.75 Å². The van der Waals surface area contributed by atoms with E-state index in [9.17, 15) is 8.42 Å². The summed E-state index contributed by atoms with van der Waals surface area (Å²) in [5.41, 5.74) is 2.29. The van der Waals surface area contributed by atoms with Crippen molar-refractivity contribution in [1.29, 1.82) is 0 Å². The molecule has 0 unspecified atom stereocenters. The number of hydrogen-bond acceptors (Lipinski definition) is 5.